The number of hydrogen-bond donors (Lipinski definition) is 1. The Balaban J connectivity index is 1.32. The standard InChI is InChI=1S/C25H24BrN3O3/c1-17-11-21(8-9-23(17)26)29-15-19(13-24(29)30)25(31)28-14-18-5-4-7-22(12-18)32-16-20-6-2-3-10-27-20/h2-12,19H,13-16H2,1H3,(H,28,31). The zero-order valence-electron chi connectivity index (χ0n) is 17.8. The average molecular weight is 494 g/mol. The molecule has 0 aliphatic carbocycles. The maximum absolute atomic E-state index is 12.7. The molecule has 2 heterocycles. The topological polar surface area (TPSA) is 71.5 Å². The summed E-state index contributed by atoms with van der Waals surface area (Å²) in [6, 6.07) is 19.1. The van der Waals surface area contributed by atoms with Gasteiger partial charge in [0, 0.05) is 35.9 Å². The van der Waals surface area contributed by atoms with E-state index in [1.54, 1.807) is 11.1 Å². The molecule has 0 saturated carbocycles. The van der Waals surface area contributed by atoms with Crippen LogP contribution in [0.15, 0.2) is 71.3 Å². The van der Waals surface area contributed by atoms with Gasteiger partial charge in [0.1, 0.15) is 12.4 Å². The summed E-state index contributed by atoms with van der Waals surface area (Å²) in [7, 11) is 0. The number of aromatic nitrogens is 1. The SMILES string of the molecule is Cc1cc(N2CC(C(=O)NCc3cccc(OCc4ccccn4)c3)CC2=O)ccc1Br. The third kappa shape index (κ3) is 5.34. The van der Waals surface area contributed by atoms with E-state index in [4.69, 9.17) is 4.74 Å². The molecule has 2 aromatic carbocycles. The fourth-order valence-electron chi connectivity index (χ4n) is 3.65. The third-order valence-corrected chi connectivity index (χ3v) is 6.32. The molecule has 1 N–H and O–H groups in total. The minimum Gasteiger partial charge on any atom is -0.487 e. The number of pyridine rings is 1. The molecule has 1 atom stereocenters. The summed E-state index contributed by atoms with van der Waals surface area (Å²) in [5, 5.41) is 2.96. The van der Waals surface area contributed by atoms with Crippen LogP contribution in [0.1, 0.15) is 23.2 Å². The molecule has 3 aromatic rings. The predicted molar refractivity (Wildman–Crippen MR) is 126 cm³/mol. The molecule has 1 saturated heterocycles. The van der Waals surface area contributed by atoms with Crippen LogP contribution >= 0.6 is 15.9 Å². The highest BCUT2D eigenvalue weighted by Crippen LogP contribution is 2.28. The number of ether oxygens (including phenoxy) is 1. The van der Waals surface area contributed by atoms with Gasteiger partial charge in [-0.05, 0) is 60.5 Å². The summed E-state index contributed by atoms with van der Waals surface area (Å²) in [5.41, 5.74) is 3.65. The first-order valence-electron chi connectivity index (χ1n) is 10.5. The summed E-state index contributed by atoms with van der Waals surface area (Å²) < 4.78 is 6.80. The van der Waals surface area contributed by atoms with Gasteiger partial charge in [-0.1, -0.05) is 34.1 Å². The van der Waals surface area contributed by atoms with E-state index in [1.165, 1.54) is 0 Å². The lowest BCUT2D eigenvalue weighted by atomic mass is 10.1. The lowest BCUT2D eigenvalue weighted by Gasteiger charge is -2.18. The molecule has 1 aromatic heterocycles. The van der Waals surface area contributed by atoms with E-state index in [2.05, 4.69) is 26.2 Å². The highest BCUT2D eigenvalue weighted by Gasteiger charge is 2.35. The number of rotatable bonds is 7. The molecule has 0 radical (unpaired) electrons. The summed E-state index contributed by atoms with van der Waals surface area (Å²) in [5.74, 6) is 0.205. The maximum Gasteiger partial charge on any atom is 0.227 e. The van der Waals surface area contributed by atoms with Crippen molar-refractivity contribution in [1.29, 1.82) is 0 Å². The van der Waals surface area contributed by atoms with Gasteiger partial charge in [0.2, 0.25) is 11.8 Å². The van der Waals surface area contributed by atoms with E-state index in [-0.39, 0.29) is 24.2 Å². The number of carbonyl (C=O) groups excluding carboxylic acids is 2. The molecule has 1 aliphatic rings. The number of benzene rings is 2. The number of nitrogens with zero attached hydrogens (tertiary/aromatic N) is 2. The van der Waals surface area contributed by atoms with Crippen LogP contribution in [0.25, 0.3) is 0 Å². The zero-order valence-corrected chi connectivity index (χ0v) is 19.3. The van der Waals surface area contributed by atoms with Crippen molar-refractivity contribution in [2.24, 2.45) is 5.92 Å². The van der Waals surface area contributed by atoms with E-state index >= 15 is 0 Å². The molecular weight excluding hydrogens is 470 g/mol. The summed E-state index contributed by atoms with van der Waals surface area (Å²) in [4.78, 5) is 31.2. The summed E-state index contributed by atoms with van der Waals surface area (Å²) in [6.45, 7) is 3.12. The first-order chi connectivity index (χ1) is 15.5. The number of anilines is 1. The van der Waals surface area contributed by atoms with Gasteiger partial charge in [-0.3, -0.25) is 14.6 Å². The highest BCUT2D eigenvalue weighted by atomic mass is 79.9. The first kappa shape index (κ1) is 22.0. The smallest absolute Gasteiger partial charge is 0.227 e. The second-order valence-corrected chi connectivity index (χ2v) is 8.67. The summed E-state index contributed by atoms with van der Waals surface area (Å²) in [6.07, 6.45) is 1.95. The fourth-order valence-corrected chi connectivity index (χ4v) is 3.90. The lowest BCUT2D eigenvalue weighted by molar-refractivity contribution is -0.126. The number of nitrogens with one attached hydrogen (secondary N) is 1. The molecule has 2 amide bonds. The van der Waals surface area contributed by atoms with Crippen molar-refractivity contribution in [2.75, 3.05) is 11.4 Å². The van der Waals surface area contributed by atoms with Crippen molar-refractivity contribution < 1.29 is 14.3 Å². The second-order valence-electron chi connectivity index (χ2n) is 7.81. The van der Waals surface area contributed by atoms with Crippen molar-refractivity contribution in [3.63, 3.8) is 0 Å². The molecule has 4 rings (SSSR count). The molecule has 7 heteroatoms. The third-order valence-electron chi connectivity index (χ3n) is 5.43. The van der Waals surface area contributed by atoms with Gasteiger partial charge >= 0.3 is 0 Å². The van der Waals surface area contributed by atoms with Gasteiger partial charge in [0.25, 0.3) is 0 Å². The molecule has 1 fully saturated rings. The Morgan fingerprint density at radius 1 is 1.19 bits per heavy atom. The maximum atomic E-state index is 12.7. The van der Waals surface area contributed by atoms with Crippen LogP contribution in [0.3, 0.4) is 0 Å². The number of carbonyl (C=O) groups is 2. The quantitative estimate of drug-likeness (QED) is 0.529. The van der Waals surface area contributed by atoms with E-state index in [0.29, 0.717) is 19.7 Å². The Labute approximate surface area is 195 Å². The van der Waals surface area contributed by atoms with Crippen LogP contribution in [0, 0.1) is 12.8 Å². The Hall–Kier alpha value is -3.19. The van der Waals surface area contributed by atoms with Crippen LogP contribution in [0.5, 0.6) is 5.75 Å². The molecule has 1 aliphatic heterocycles. The normalized spacial score (nSPS) is 15.6. The number of hydrogen-bond acceptors (Lipinski definition) is 4. The minimum atomic E-state index is -0.366. The molecule has 0 bridgehead atoms. The van der Waals surface area contributed by atoms with Crippen molar-refractivity contribution >= 4 is 33.4 Å². The van der Waals surface area contributed by atoms with Crippen molar-refractivity contribution in [2.45, 2.75) is 26.5 Å². The lowest BCUT2D eigenvalue weighted by Crippen LogP contribution is -2.32. The fraction of sp³-hybridized carbons (Fsp3) is 0.240. The van der Waals surface area contributed by atoms with E-state index in [1.807, 2.05) is 67.6 Å². The molecule has 32 heavy (non-hydrogen) atoms. The highest BCUT2D eigenvalue weighted by molar-refractivity contribution is 9.10. The van der Waals surface area contributed by atoms with Gasteiger partial charge in [0.05, 0.1) is 11.6 Å². The van der Waals surface area contributed by atoms with Gasteiger partial charge in [-0.2, -0.15) is 0 Å². The minimum absolute atomic E-state index is 0.0307. The van der Waals surface area contributed by atoms with E-state index in [9.17, 15) is 9.59 Å². The Morgan fingerprint density at radius 3 is 2.84 bits per heavy atom. The zero-order chi connectivity index (χ0) is 22.5. The number of amides is 2. The monoisotopic (exact) mass is 493 g/mol. The molecule has 6 nitrogen and oxygen atoms in total. The largest absolute Gasteiger partial charge is 0.487 e. The molecule has 164 valence electrons. The predicted octanol–water partition coefficient (Wildman–Crippen LogP) is 4.40. The summed E-state index contributed by atoms with van der Waals surface area (Å²) >= 11 is 3.48. The van der Waals surface area contributed by atoms with Crippen LogP contribution in [0.2, 0.25) is 0 Å². The first-order valence-corrected chi connectivity index (χ1v) is 11.2. The Bertz CT molecular complexity index is 1120. The molecular formula is C25H24BrN3O3. The van der Waals surface area contributed by atoms with Crippen molar-refractivity contribution in [1.82, 2.24) is 10.3 Å². The average Bonchev–Trinajstić information content (AvgIpc) is 3.20. The van der Waals surface area contributed by atoms with Crippen molar-refractivity contribution in [3.8, 4) is 5.75 Å². The van der Waals surface area contributed by atoms with E-state index in [0.717, 1.165) is 32.7 Å². The van der Waals surface area contributed by atoms with Crippen LogP contribution in [0.4, 0.5) is 5.69 Å². The van der Waals surface area contributed by atoms with Gasteiger partial charge < -0.3 is 15.0 Å². The van der Waals surface area contributed by atoms with Crippen LogP contribution < -0.4 is 15.0 Å². The van der Waals surface area contributed by atoms with Crippen molar-refractivity contribution in [3.05, 3.63) is 88.2 Å². The van der Waals surface area contributed by atoms with Crippen LogP contribution in [-0.2, 0) is 22.7 Å². The molecule has 1 unspecified atom stereocenters. The van der Waals surface area contributed by atoms with Gasteiger partial charge in [-0.25, -0.2) is 0 Å². The van der Waals surface area contributed by atoms with Gasteiger partial charge in [-0.15, -0.1) is 0 Å². The number of halogens is 1. The van der Waals surface area contributed by atoms with Crippen LogP contribution in [-0.4, -0.2) is 23.3 Å². The Kier molecular flexibility index (Phi) is 6.85. The number of aryl methyl sites for hydroxylation is 1. The van der Waals surface area contributed by atoms with E-state index < -0.39 is 0 Å². The second kappa shape index (κ2) is 9.96. The van der Waals surface area contributed by atoms with Gasteiger partial charge in [0.15, 0.2) is 0 Å². The Morgan fingerprint density at radius 2 is 2.06 bits per heavy atom. The molecule has 0 spiro atoms.